The molecule has 0 spiro atoms. The van der Waals surface area contributed by atoms with Gasteiger partial charge in [0.15, 0.2) is 0 Å². The lowest BCUT2D eigenvalue weighted by Gasteiger charge is -2.00. The molecular weight excluding hydrogens is 76.1 g/mol. The van der Waals surface area contributed by atoms with Gasteiger partial charge in [0, 0.05) is 5.54 Å². The number of hydrogen-bond acceptors (Lipinski definition) is 2. The van der Waals surface area contributed by atoms with Crippen LogP contribution in [0.3, 0.4) is 0 Å². The number of hydrazine groups is 1. The first kappa shape index (κ1) is 4.09. The summed E-state index contributed by atoms with van der Waals surface area (Å²) in [6, 6.07) is 0. The molecule has 3 N–H and O–H groups in total. The quantitative estimate of drug-likeness (QED) is 0.348. The fraction of sp³-hybridized carbons (Fsp3) is 1.00. The van der Waals surface area contributed by atoms with Crippen LogP contribution in [0.25, 0.3) is 0 Å². The molecule has 6 heavy (non-hydrogen) atoms. The Kier molecular flexibility index (Phi) is 0.648. The molecule has 0 heterocycles. The Labute approximate surface area is 37.7 Å². The van der Waals surface area contributed by atoms with Crippen molar-refractivity contribution in [3.05, 3.63) is 0 Å². The van der Waals surface area contributed by atoms with Gasteiger partial charge >= 0.3 is 0 Å². The Hall–Kier alpha value is -0.0800. The molecule has 1 rings (SSSR count). The standard InChI is InChI=1S/C4H10N2/c1-4(6-5)2-3-4/h6H,2-3,5H2,1H3. The zero-order chi connectivity index (χ0) is 4.62. The molecule has 0 aromatic carbocycles. The third-order valence-corrected chi connectivity index (χ3v) is 1.35. The molecule has 0 bridgehead atoms. The molecule has 1 saturated carbocycles. The summed E-state index contributed by atoms with van der Waals surface area (Å²) >= 11 is 0. The van der Waals surface area contributed by atoms with Crippen LogP contribution in [-0.4, -0.2) is 5.54 Å². The van der Waals surface area contributed by atoms with Gasteiger partial charge in [0.25, 0.3) is 0 Å². The number of nitrogens with one attached hydrogen (secondary N) is 1. The van der Waals surface area contributed by atoms with E-state index in [2.05, 4.69) is 12.3 Å². The highest BCUT2D eigenvalue weighted by molar-refractivity contribution is 4.95. The van der Waals surface area contributed by atoms with E-state index in [9.17, 15) is 0 Å². The molecule has 0 radical (unpaired) electrons. The van der Waals surface area contributed by atoms with Crippen molar-refractivity contribution in [1.82, 2.24) is 5.43 Å². The van der Waals surface area contributed by atoms with E-state index < -0.39 is 0 Å². The van der Waals surface area contributed by atoms with Crippen LogP contribution in [0.4, 0.5) is 0 Å². The molecule has 0 aromatic heterocycles. The van der Waals surface area contributed by atoms with E-state index in [-0.39, 0.29) is 0 Å². The monoisotopic (exact) mass is 86.1 g/mol. The first-order valence-electron chi connectivity index (χ1n) is 2.25. The highest BCUT2D eigenvalue weighted by atomic mass is 15.3. The molecule has 0 saturated heterocycles. The lowest BCUT2D eigenvalue weighted by Crippen LogP contribution is -2.34. The number of hydrogen-bond donors (Lipinski definition) is 2. The van der Waals surface area contributed by atoms with Crippen molar-refractivity contribution < 1.29 is 0 Å². The molecule has 1 aliphatic rings. The molecule has 0 aliphatic heterocycles. The van der Waals surface area contributed by atoms with Gasteiger partial charge in [0.05, 0.1) is 0 Å². The molecule has 2 nitrogen and oxygen atoms in total. The van der Waals surface area contributed by atoms with Crippen molar-refractivity contribution >= 4 is 0 Å². The van der Waals surface area contributed by atoms with Crippen LogP contribution < -0.4 is 11.3 Å². The van der Waals surface area contributed by atoms with Crippen molar-refractivity contribution in [2.75, 3.05) is 0 Å². The zero-order valence-corrected chi connectivity index (χ0v) is 3.99. The van der Waals surface area contributed by atoms with Crippen LogP contribution >= 0.6 is 0 Å². The van der Waals surface area contributed by atoms with Crippen LogP contribution in [0.15, 0.2) is 0 Å². The van der Waals surface area contributed by atoms with Gasteiger partial charge in [0.2, 0.25) is 0 Å². The lowest BCUT2D eigenvalue weighted by molar-refractivity contribution is 0.562. The Morgan fingerprint density at radius 2 is 2.17 bits per heavy atom. The molecule has 2 heteroatoms. The summed E-state index contributed by atoms with van der Waals surface area (Å²) in [4.78, 5) is 0. The summed E-state index contributed by atoms with van der Waals surface area (Å²) in [6.07, 6.45) is 2.48. The molecule has 0 aromatic rings. The van der Waals surface area contributed by atoms with Gasteiger partial charge in [-0.3, -0.25) is 11.3 Å². The first-order valence-corrected chi connectivity index (χ1v) is 2.25. The van der Waals surface area contributed by atoms with E-state index in [1.807, 2.05) is 0 Å². The number of rotatable bonds is 1. The minimum Gasteiger partial charge on any atom is -0.271 e. The van der Waals surface area contributed by atoms with Crippen molar-refractivity contribution in [2.45, 2.75) is 25.3 Å². The fourth-order valence-corrected chi connectivity index (χ4v) is 0.332. The molecule has 1 fully saturated rings. The maximum Gasteiger partial charge on any atom is 0.0294 e. The van der Waals surface area contributed by atoms with Crippen molar-refractivity contribution in [3.63, 3.8) is 0 Å². The van der Waals surface area contributed by atoms with Gasteiger partial charge in [0.1, 0.15) is 0 Å². The number of nitrogens with two attached hydrogens (primary N) is 1. The van der Waals surface area contributed by atoms with Crippen LogP contribution in [0.5, 0.6) is 0 Å². The molecule has 36 valence electrons. The van der Waals surface area contributed by atoms with E-state index in [4.69, 9.17) is 5.84 Å². The molecule has 1 aliphatic carbocycles. The average Bonchev–Trinajstić information content (AvgIpc) is 2.22. The topological polar surface area (TPSA) is 38.0 Å². The minimum absolute atomic E-state index is 0.319. The van der Waals surface area contributed by atoms with E-state index in [1.54, 1.807) is 0 Å². The van der Waals surface area contributed by atoms with E-state index in [0.29, 0.717) is 5.54 Å². The smallest absolute Gasteiger partial charge is 0.0294 e. The predicted molar refractivity (Wildman–Crippen MR) is 25.0 cm³/mol. The SMILES string of the molecule is CC1(NN)CC1. The van der Waals surface area contributed by atoms with Crippen LogP contribution in [-0.2, 0) is 0 Å². The normalized spacial score (nSPS) is 27.0. The maximum absolute atomic E-state index is 5.12. The molecule has 0 amide bonds. The van der Waals surface area contributed by atoms with Crippen LogP contribution in [0, 0.1) is 0 Å². The molecule has 0 unspecified atom stereocenters. The van der Waals surface area contributed by atoms with Gasteiger partial charge in [-0.05, 0) is 19.8 Å². The minimum atomic E-state index is 0.319. The summed E-state index contributed by atoms with van der Waals surface area (Å²) in [5, 5.41) is 0. The Morgan fingerprint density at radius 3 is 2.17 bits per heavy atom. The first-order chi connectivity index (χ1) is 2.77. The second-order valence-corrected chi connectivity index (χ2v) is 2.20. The largest absolute Gasteiger partial charge is 0.271 e. The fourth-order valence-electron chi connectivity index (χ4n) is 0.332. The lowest BCUT2D eigenvalue weighted by atomic mass is 10.4. The van der Waals surface area contributed by atoms with Crippen LogP contribution in [0.1, 0.15) is 19.8 Å². The Balaban J connectivity index is 2.28. The third-order valence-electron chi connectivity index (χ3n) is 1.35. The average molecular weight is 86.1 g/mol. The highest BCUT2D eigenvalue weighted by Gasteiger charge is 2.35. The highest BCUT2D eigenvalue weighted by Crippen LogP contribution is 2.32. The Bertz CT molecular complexity index is 56.6. The predicted octanol–water partition coefficient (Wildman–Crippen LogP) is 0.00220. The summed E-state index contributed by atoms with van der Waals surface area (Å²) < 4.78 is 0. The van der Waals surface area contributed by atoms with Crippen molar-refractivity contribution in [1.29, 1.82) is 0 Å². The van der Waals surface area contributed by atoms with Crippen molar-refractivity contribution in [2.24, 2.45) is 5.84 Å². The van der Waals surface area contributed by atoms with Gasteiger partial charge in [-0.25, -0.2) is 0 Å². The van der Waals surface area contributed by atoms with E-state index in [1.165, 1.54) is 12.8 Å². The maximum atomic E-state index is 5.12. The summed E-state index contributed by atoms with van der Waals surface area (Å²) in [5.74, 6) is 5.12. The Morgan fingerprint density at radius 1 is 1.67 bits per heavy atom. The van der Waals surface area contributed by atoms with Gasteiger partial charge in [-0.2, -0.15) is 0 Å². The summed E-state index contributed by atoms with van der Waals surface area (Å²) in [7, 11) is 0. The summed E-state index contributed by atoms with van der Waals surface area (Å²) in [6.45, 7) is 2.12. The van der Waals surface area contributed by atoms with Crippen molar-refractivity contribution in [3.8, 4) is 0 Å². The second-order valence-electron chi connectivity index (χ2n) is 2.20. The summed E-state index contributed by atoms with van der Waals surface area (Å²) in [5.41, 5.74) is 3.03. The second kappa shape index (κ2) is 0.950. The van der Waals surface area contributed by atoms with E-state index >= 15 is 0 Å². The third kappa shape index (κ3) is 0.533. The zero-order valence-electron chi connectivity index (χ0n) is 3.99. The van der Waals surface area contributed by atoms with Gasteiger partial charge in [-0.15, -0.1) is 0 Å². The van der Waals surface area contributed by atoms with E-state index in [0.717, 1.165) is 0 Å². The van der Waals surface area contributed by atoms with Crippen LogP contribution in [0.2, 0.25) is 0 Å². The van der Waals surface area contributed by atoms with Gasteiger partial charge in [-0.1, -0.05) is 0 Å². The molecular formula is C4H10N2. The van der Waals surface area contributed by atoms with Gasteiger partial charge < -0.3 is 0 Å². The molecule has 0 atom stereocenters.